The molecule has 0 saturated heterocycles. The highest BCUT2D eigenvalue weighted by Crippen LogP contribution is 2.29. The van der Waals surface area contributed by atoms with Crippen molar-refractivity contribution in [2.75, 3.05) is 0 Å². The van der Waals surface area contributed by atoms with Gasteiger partial charge in [-0.15, -0.1) is 0 Å². The molecule has 0 unspecified atom stereocenters. The van der Waals surface area contributed by atoms with Crippen LogP contribution in [0.25, 0.3) is 11.0 Å². The van der Waals surface area contributed by atoms with Crippen molar-refractivity contribution >= 4 is 22.8 Å². The first kappa shape index (κ1) is 20.3. The molecule has 30 heavy (non-hydrogen) atoms. The first-order valence-electron chi connectivity index (χ1n) is 9.80. The van der Waals surface area contributed by atoms with Crippen molar-refractivity contribution in [3.8, 4) is 0 Å². The van der Waals surface area contributed by atoms with Crippen LogP contribution in [0.15, 0.2) is 55.6 Å². The summed E-state index contributed by atoms with van der Waals surface area (Å²) in [5, 5.41) is 0.889. The third kappa shape index (κ3) is 3.63. The number of rotatable bonds is 6. The maximum absolute atomic E-state index is 13.0. The number of aryl methyl sites for hydroxylation is 3. The van der Waals surface area contributed by atoms with Gasteiger partial charge in [0.25, 0.3) is 5.56 Å². The summed E-state index contributed by atoms with van der Waals surface area (Å²) in [6.07, 6.45) is 2.50. The van der Waals surface area contributed by atoms with Crippen LogP contribution >= 0.6 is 11.8 Å². The van der Waals surface area contributed by atoms with Crippen LogP contribution in [0.3, 0.4) is 0 Å². The standard InChI is InChI=1S/C22H24N4O3S/c1-5-16-12-29-18(23-16)13-30-19-10-17-20(21(27)25(4)22(28)24(17)3)26(19)11-15-8-6-14(2)7-9-15/h6-10,12H,5,11,13H2,1-4H3. The van der Waals surface area contributed by atoms with E-state index in [4.69, 9.17) is 4.42 Å². The lowest BCUT2D eigenvalue weighted by molar-refractivity contribution is 0.516. The SMILES string of the molecule is CCc1coc(CSc2cc3c(c(=O)n(C)c(=O)n3C)n2Cc2ccc(C)cc2)n1. The molecule has 0 radical (unpaired) electrons. The maximum atomic E-state index is 13.0. The number of nitrogens with zero attached hydrogens (tertiary/aromatic N) is 4. The number of aromatic nitrogens is 4. The van der Waals surface area contributed by atoms with Crippen molar-refractivity contribution in [1.82, 2.24) is 18.7 Å². The van der Waals surface area contributed by atoms with Crippen molar-refractivity contribution in [2.45, 2.75) is 37.6 Å². The van der Waals surface area contributed by atoms with Gasteiger partial charge in [-0.25, -0.2) is 9.78 Å². The molecule has 4 aromatic rings. The minimum absolute atomic E-state index is 0.295. The molecule has 0 spiro atoms. The largest absolute Gasteiger partial charge is 0.448 e. The smallest absolute Gasteiger partial charge is 0.331 e. The lowest BCUT2D eigenvalue weighted by atomic mass is 10.1. The molecule has 0 saturated carbocycles. The van der Waals surface area contributed by atoms with Gasteiger partial charge >= 0.3 is 5.69 Å². The van der Waals surface area contributed by atoms with Crippen molar-refractivity contribution < 1.29 is 4.42 Å². The lowest BCUT2D eigenvalue weighted by Gasteiger charge is -2.11. The van der Waals surface area contributed by atoms with Gasteiger partial charge in [-0.05, 0) is 25.0 Å². The van der Waals surface area contributed by atoms with E-state index >= 15 is 0 Å². The third-order valence-electron chi connectivity index (χ3n) is 5.25. The summed E-state index contributed by atoms with van der Waals surface area (Å²) in [5.41, 5.74) is 3.69. The minimum atomic E-state index is -0.336. The molecule has 0 N–H and O–H groups in total. The first-order chi connectivity index (χ1) is 14.4. The molecule has 0 amide bonds. The summed E-state index contributed by atoms with van der Waals surface area (Å²) < 4.78 is 10.2. The van der Waals surface area contributed by atoms with E-state index in [0.717, 1.165) is 27.3 Å². The Morgan fingerprint density at radius 2 is 1.83 bits per heavy atom. The molecule has 0 fully saturated rings. The van der Waals surface area contributed by atoms with Crippen LogP contribution in [0.2, 0.25) is 0 Å². The Labute approximate surface area is 178 Å². The number of fused-ring (bicyclic) bond motifs is 1. The molecule has 0 aliphatic carbocycles. The summed E-state index contributed by atoms with van der Waals surface area (Å²) in [6.45, 7) is 4.61. The lowest BCUT2D eigenvalue weighted by Crippen LogP contribution is -2.37. The molecule has 3 heterocycles. The van der Waals surface area contributed by atoms with Gasteiger partial charge in [0.2, 0.25) is 5.89 Å². The third-order valence-corrected chi connectivity index (χ3v) is 6.27. The van der Waals surface area contributed by atoms with Crippen LogP contribution < -0.4 is 11.2 Å². The Bertz CT molecular complexity index is 1330. The van der Waals surface area contributed by atoms with Crippen molar-refractivity contribution in [3.63, 3.8) is 0 Å². The second-order valence-electron chi connectivity index (χ2n) is 7.37. The van der Waals surface area contributed by atoms with Gasteiger partial charge < -0.3 is 8.98 Å². The van der Waals surface area contributed by atoms with Crippen LogP contribution in [-0.2, 0) is 32.8 Å². The van der Waals surface area contributed by atoms with E-state index < -0.39 is 0 Å². The van der Waals surface area contributed by atoms with Crippen LogP contribution in [0.1, 0.15) is 29.6 Å². The van der Waals surface area contributed by atoms with Gasteiger partial charge in [0.05, 0.1) is 22.0 Å². The molecule has 4 rings (SSSR count). The summed E-state index contributed by atoms with van der Waals surface area (Å²) in [5.74, 6) is 1.18. The Morgan fingerprint density at radius 3 is 2.50 bits per heavy atom. The predicted octanol–water partition coefficient (Wildman–Crippen LogP) is 3.24. The fourth-order valence-corrected chi connectivity index (χ4v) is 4.34. The van der Waals surface area contributed by atoms with E-state index in [9.17, 15) is 9.59 Å². The number of hydrogen-bond acceptors (Lipinski definition) is 5. The minimum Gasteiger partial charge on any atom is -0.448 e. The number of thioether (sulfide) groups is 1. The first-order valence-corrected chi connectivity index (χ1v) is 10.8. The highest BCUT2D eigenvalue weighted by Gasteiger charge is 2.18. The van der Waals surface area contributed by atoms with Crippen LogP contribution in [0.5, 0.6) is 0 Å². The number of oxazole rings is 1. The fraction of sp³-hybridized carbons (Fsp3) is 0.318. The Hall–Kier alpha value is -3.00. The molecule has 3 aromatic heterocycles. The molecule has 0 atom stereocenters. The Morgan fingerprint density at radius 1 is 1.10 bits per heavy atom. The molecule has 1 aromatic carbocycles. The van der Waals surface area contributed by atoms with E-state index in [-0.39, 0.29) is 11.2 Å². The van der Waals surface area contributed by atoms with E-state index in [2.05, 4.69) is 29.2 Å². The van der Waals surface area contributed by atoms with Gasteiger partial charge in [-0.3, -0.25) is 13.9 Å². The van der Waals surface area contributed by atoms with Crippen molar-refractivity contribution in [1.29, 1.82) is 0 Å². The highest BCUT2D eigenvalue weighted by atomic mass is 32.2. The molecule has 7 nitrogen and oxygen atoms in total. The summed E-state index contributed by atoms with van der Waals surface area (Å²) >= 11 is 1.54. The zero-order chi connectivity index (χ0) is 21.4. The molecule has 156 valence electrons. The Kier molecular flexibility index (Phi) is 5.42. The van der Waals surface area contributed by atoms with Crippen LogP contribution in [0, 0.1) is 6.92 Å². The molecule has 0 bridgehead atoms. The van der Waals surface area contributed by atoms with Crippen LogP contribution in [0.4, 0.5) is 0 Å². The van der Waals surface area contributed by atoms with Crippen LogP contribution in [-0.4, -0.2) is 18.7 Å². The quantitative estimate of drug-likeness (QED) is 0.444. The number of benzene rings is 1. The van der Waals surface area contributed by atoms with E-state index in [1.165, 1.54) is 17.2 Å². The van der Waals surface area contributed by atoms with Gasteiger partial charge in [-0.2, -0.15) is 0 Å². The van der Waals surface area contributed by atoms with Gasteiger partial charge in [0, 0.05) is 20.6 Å². The zero-order valence-corrected chi connectivity index (χ0v) is 18.3. The normalized spacial score (nSPS) is 11.5. The van der Waals surface area contributed by atoms with Gasteiger partial charge in [0.15, 0.2) is 0 Å². The predicted molar refractivity (Wildman–Crippen MR) is 118 cm³/mol. The summed E-state index contributed by atoms with van der Waals surface area (Å²) in [6, 6.07) is 10.1. The van der Waals surface area contributed by atoms with E-state index in [1.54, 1.807) is 25.1 Å². The summed E-state index contributed by atoms with van der Waals surface area (Å²) in [4.78, 5) is 29.9. The monoisotopic (exact) mass is 424 g/mol. The number of hydrogen-bond donors (Lipinski definition) is 0. The maximum Gasteiger partial charge on any atom is 0.331 e. The molecular weight excluding hydrogens is 400 g/mol. The average Bonchev–Trinajstić information content (AvgIpc) is 3.35. The second kappa shape index (κ2) is 8.02. The van der Waals surface area contributed by atoms with Gasteiger partial charge in [-0.1, -0.05) is 48.5 Å². The second-order valence-corrected chi connectivity index (χ2v) is 8.36. The fourth-order valence-electron chi connectivity index (χ4n) is 3.43. The molecular formula is C22H24N4O3S. The molecule has 0 aliphatic heterocycles. The van der Waals surface area contributed by atoms with Crippen molar-refractivity contribution in [3.05, 3.63) is 80.1 Å². The van der Waals surface area contributed by atoms with E-state index in [1.807, 2.05) is 24.5 Å². The topological polar surface area (TPSA) is 75.0 Å². The molecule has 0 aliphatic rings. The van der Waals surface area contributed by atoms with E-state index in [0.29, 0.717) is 29.2 Å². The highest BCUT2D eigenvalue weighted by molar-refractivity contribution is 7.98. The summed E-state index contributed by atoms with van der Waals surface area (Å²) in [7, 11) is 3.20. The Balaban J connectivity index is 1.81. The zero-order valence-electron chi connectivity index (χ0n) is 17.5. The average molecular weight is 425 g/mol. The van der Waals surface area contributed by atoms with Gasteiger partial charge in [0.1, 0.15) is 11.8 Å². The molecule has 8 heteroatoms. The van der Waals surface area contributed by atoms with Crippen molar-refractivity contribution in [2.24, 2.45) is 14.1 Å².